The fraction of sp³-hybridized carbons (Fsp3) is 0.167. The van der Waals surface area contributed by atoms with Crippen molar-refractivity contribution in [3.8, 4) is 28.2 Å². The molecule has 8 heteroatoms. The Balaban J connectivity index is 1.47. The minimum absolute atomic E-state index is 0.281. The van der Waals surface area contributed by atoms with Crippen LogP contribution in [-0.4, -0.2) is 23.7 Å². The highest BCUT2D eigenvalue weighted by Gasteiger charge is 2.35. The Bertz CT molecular complexity index is 1420. The van der Waals surface area contributed by atoms with Gasteiger partial charge >= 0.3 is 6.18 Å². The van der Waals surface area contributed by atoms with E-state index in [1.807, 2.05) is 41.1 Å². The van der Waals surface area contributed by atoms with Gasteiger partial charge in [0.25, 0.3) is 0 Å². The normalized spacial score (nSPS) is 12.1. The van der Waals surface area contributed by atoms with Crippen LogP contribution in [0.3, 0.4) is 0 Å². The van der Waals surface area contributed by atoms with Gasteiger partial charge in [-0.25, -0.2) is 4.98 Å². The first kappa shape index (κ1) is 20.1. The lowest BCUT2D eigenvalue weighted by Gasteiger charge is -2.09. The number of benzene rings is 1. The molecule has 5 nitrogen and oxygen atoms in total. The molecule has 0 saturated heterocycles. The number of fused-ring (bicyclic) bond motifs is 1. The first-order valence-electron chi connectivity index (χ1n) is 10.1. The number of hydrogen-bond donors (Lipinski definition) is 0. The van der Waals surface area contributed by atoms with Gasteiger partial charge in [0.15, 0.2) is 0 Å². The number of alkyl halides is 3. The van der Waals surface area contributed by atoms with Crippen molar-refractivity contribution < 1.29 is 13.2 Å². The number of halogens is 3. The average Bonchev–Trinajstić information content (AvgIpc) is 3.44. The van der Waals surface area contributed by atoms with Crippen molar-refractivity contribution >= 4 is 5.65 Å². The van der Waals surface area contributed by atoms with Gasteiger partial charge in [0, 0.05) is 42.0 Å². The lowest BCUT2D eigenvalue weighted by Crippen LogP contribution is -2.11. The summed E-state index contributed by atoms with van der Waals surface area (Å²) in [6.45, 7) is 4.13. The Morgan fingerprint density at radius 1 is 0.781 bits per heavy atom. The number of aromatic nitrogens is 5. The maximum atomic E-state index is 13.1. The monoisotopic (exact) mass is 435 g/mol. The first-order chi connectivity index (χ1) is 15.2. The van der Waals surface area contributed by atoms with E-state index < -0.39 is 11.9 Å². The summed E-state index contributed by atoms with van der Waals surface area (Å²) in [6.07, 6.45) is -0.454. The van der Waals surface area contributed by atoms with E-state index >= 15 is 0 Å². The summed E-state index contributed by atoms with van der Waals surface area (Å²) in [4.78, 5) is 4.69. The second-order valence-electron chi connectivity index (χ2n) is 7.84. The van der Waals surface area contributed by atoms with Gasteiger partial charge in [-0.1, -0.05) is 24.3 Å². The van der Waals surface area contributed by atoms with Gasteiger partial charge in [0.2, 0.25) is 0 Å². The Hall–Kier alpha value is -3.81. The highest BCUT2D eigenvalue weighted by molar-refractivity contribution is 5.68. The van der Waals surface area contributed by atoms with Crippen LogP contribution in [0.15, 0.2) is 67.0 Å². The summed E-state index contributed by atoms with van der Waals surface area (Å²) in [5.41, 5.74) is 5.95. The summed E-state index contributed by atoms with van der Waals surface area (Å²) in [5.74, 6) is 0. The van der Waals surface area contributed by atoms with E-state index in [2.05, 4.69) is 40.6 Å². The molecule has 0 N–H and O–H groups in total. The van der Waals surface area contributed by atoms with Crippen LogP contribution in [0.1, 0.15) is 17.1 Å². The number of rotatable bonds is 3. The Labute approximate surface area is 182 Å². The summed E-state index contributed by atoms with van der Waals surface area (Å²) in [7, 11) is 1.29. The third kappa shape index (κ3) is 3.37. The van der Waals surface area contributed by atoms with E-state index in [1.165, 1.54) is 7.05 Å². The third-order valence-corrected chi connectivity index (χ3v) is 5.61. The maximum Gasteiger partial charge on any atom is 0.433 e. The molecule has 4 aromatic heterocycles. The molecule has 0 radical (unpaired) electrons. The predicted octanol–water partition coefficient (Wildman–Crippen LogP) is 5.83. The molecule has 5 aromatic rings. The zero-order chi connectivity index (χ0) is 22.6. The SMILES string of the molecule is Cc1ccc(C)n1-c1ccc2nc(-c3ccc(-c4cc(C(F)(F)F)n(C)n4)cc3)cn2c1. The van der Waals surface area contributed by atoms with Crippen LogP contribution in [0.5, 0.6) is 0 Å². The molecule has 0 aliphatic rings. The molecule has 5 rings (SSSR count). The summed E-state index contributed by atoms with van der Waals surface area (Å²) >= 11 is 0. The summed E-state index contributed by atoms with van der Waals surface area (Å²) in [5, 5.41) is 4.01. The largest absolute Gasteiger partial charge is 0.433 e. The molecule has 0 bridgehead atoms. The quantitative estimate of drug-likeness (QED) is 0.358. The van der Waals surface area contributed by atoms with Gasteiger partial charge in [-0.05, 0) is 44.2 Å². The molecule has 0 fully saturated rings. The molecule has 1 aromatic carbocycles. The number of aryl methyl sites for hydroxylation is 3. The number of hydrogen-bond acceptors (Lipinski definition) is 2. The molecule has 0 saturated carbocycles. The van der Waals surface area contributed by atoms with Crippen molar-refractivity contribution in [3.05, 3.63) is 84.1 Å². The van der Waals surface area contributed by atoms with Crippen molar-refractivity contribution in [2.45, 2.75) is 20.0 Å². The fourth-order valence-corrected chi connectivity index (χ4v) is 4.01. The van der Waals surface area contributed by atoms with Gasteiger partial charge < -0.3 is 8.97 Å². The van der Waals surface area contributed by atoms with E-state index in [4.69, 9.17) is 0 Å². The van der Waals surface area contributed by atoms with Gasteiger partial charge in [-0.15, -0.1) is 0 Å². The molecule has 0 unspecified atom stereocenters. The molecule has 0 spiro atoms. The first-order valence-corrected chi connectivity index (χ1v) is 10.1. The van der Waals surface area contributed by atoms with Crippen LogP contribution in [0.4, 0.5) is 13.2 Å². The maximum absolute atomic E-state index is 13.1. The fourth-order valence-electron chi connectivity index (χ4n) is 4.01. The standard InChI is InChI=1S/C24H20F3N5/c1-15-4-5-16(2)32(15)19-10-11-23-28-21(14-31(23)13-19)18-8-6-17(7-9-18)20-12-22(24(25,26)27)30(3)29-20/h4-14H,1-3H3. The number of pyridine rings is 1. The molecular formula is C24H20F3N5. The highest BCUT2D eigenvalue weighted by atomic mass is 19.4. The molecular weight excluding hydrogens is 415 g/mol. The Morgan fingerprint density at radius 3 is 2.00 bits per heavy atom. The Kier molecular flexibility index (Phi) is 4.47. The smallest absolute Gasteiger partial charge is 0.317 e. The molecule has 0 aliphatic carbocycles. The molecule has 162 valence electrons. The summed E-state index contributed by atoms with van der Waals surface area (Å²) in [6, 6.07) is 16.5. The summed E-state index contributed by atoms with van der Waals surface area (Å²) < 4.78 is 44.2. The molecule has 32 heavy (non-hydrogen) atoms. The van der Waals surface area contributed by atoms with E-state index in [1.54, 1.807) is 12.1 Å². The van der Waals surface area contributed by atoms with Crippen molar-refractivity contribution in [1.29, 1.82) is 0 Å². The topological polar surface area (TPSA) is 40.0 Å². The van der Waals surface area contributed by atoms with Crippen molar-refractivity contribution in [1.82, 2.24) is 23.7 Å². The van der Waals surface area contributed by atoms with Crippen LogP contribution < -0.4 is 0 Å². The minimum Gasteiger partial charge on any atom is -0.317 e. The van der Waals surface area contributed by atoms with Crippen LogP contribution in [0.2, 0.25) is 0 Å². The molecule has 4 heterocycles. The van der Waals surface area contributed by atoms with Crippen LogP contribution >= 0.6 is 0 Å². The lowest BCUT2D eigenvalue weighted by molar-refractivity contribution is -0.143. The predicted molar refractivity (Wildman–Crippen MR) is 117 cm³/mol. The van der Waals surface area contributed by atoms with Gasteiger partial charge in [0.1, 0.15) is 11.3 Å². The van der Waals surface area contributed by atoms with E-state index in [9.17, 15) is 13.2 Å². The van der Waals surface area contributed by atoms with Crippen molar-refractivity contribution in [2.24, 2.45) is 7.05 Å². The van der Waals surface area contributed by atoms with E-state index in [0.29, 0.717) is 5.56 Å². The highest BCUT2D eigenvalue weighted by Crippen LogP contribution is 2.32. The van der Waals surface area contributed by atoms with Crippen molar-refractivity contribution in [2.75, 3.05) is 0 Å². The third-order valence-electron chi connectivity index (χ3n) is 5.61. The van der Waals surface area contributed by atoms with Gasteiger partial charge in [0.05, 0.1) is 17.1 Å². The second kappa shape index (κ2) is 7.12. The zero-order valence-corrected chi connectivity index (χ0v) is 17.7. The van der Waals surface area contributed by atoms with Crippen LogP contribution in [-0.2, 0) is 13.2 Å². The minimum atomic E-state index is -4.44. The molecule has 0 aliphatic heterocycles. The second-order valence-corrected chi connectivity index (χ2v) is 7.84. The van der Waals surface area contributed by atoms with E-state index in [0.717, 1.165) is 44.7 Å². The van der Waals surface area contributed by atoms with E-state index in [-0.39, 0.29) is 5.69 Å². The molecule has 0 atom stereocenters. The number of imidazole rings is 1. The lowest BCUT2D eigenvalue weighted by atomic mass is 10.1. The molecule has 0 amide bonds. The van der Waals surface area contributed by atoms with Crippen LogP contribution in [0.25, 0.3) is 33.8 Å². The Morgan fingerprint density at radius 2 is 1.41 bits per heavy atom. The average molecular weight is 435 g/mol. The van der Waals surface area contributed by atoms with Gasteiger partial charge in [-0.2, -0.15) is 18.3 Å². The van der Waals surface area contributed by atoms with Gasteiger partial charge in [-0.3, -0.25) is 4.68 Å². The van der Waals surface area contributed by atoms with Crippen molar-refractivity contribution in [3.63, 3.8) is 0 Å². The zero-order valence-electron chi connectivity index (χ0n) is 17.7. The number of nitrogens with zero attached hydrogens (tertiary/aromatic N) is 5. The van der Waals surface area contributed by atoms with Crippen LogP contribution in [0, 0.1) is 13.8 Å².